The maximum Gasteiger partial charge on any atom is 0.510 e. The van der Waals surface area contributed by atoms with E-state index < -0.39 is 51.4 Å². The number of carbonyl (C=O) groups excluding carboxylic acids is 4. The molecule has 32 heavy (non-hydrogen) atoms. The number of rotatable bonds is 8. The van der Waals surface area contributed by atoms with Crippen molar-refractivity contribution in [1.82, 2.24) is 0 Å². The first kappa shape index (κ1) is 43.1. The summed E-state index contributed by atoms with van der Waals surface area (Å²) in [6, 6.07) is 0. The van der Waals surface area contributed by atoms with Gasteiger partial charge in [0.15, 0.2) is 27.2 Å². The van der Waals surface area contributed by atoms with Gasteiger partial charge in [0.1, 0.15) is 13.6 Å². The van der Waals surface area contributed by atoms with E-state index >= 15 is 0 Å². The van der Waals surface area contributed by atoms with E-state index in [9.17, 15) is 19.2 Å². The van der Waals surface area contributed by atoms with E-state index in [-0.39, 0.29) is 26.5 Å². The maximum atomic E-state index is 10.1. The van der Waals surface area contributed by atoms with Gasteiger partial charge in [-0.1, -0.05) is 7.43 Å². The van der Waals surface area contributed by atoms with Crippen LogP contribution in [0, 0.1) is 0 Å². The zero-order chi connectivity index (χ0) is 24.2. The Morgan fingerprint density at radius 2 is 0.938 bits per heavy atom. The molecule has 0 rings (SSSR count). The van der Waals surface area contributed by atoms with E-state index in [4.69, 9.17) is 20.4 Å². The highest BCUT2D eigenvalue weighted by molar-refractivity contribution is 5.66. The van der Waals surface area contributed by atoms with Gasteiger partial charge in [-0.25, -0.2) is 9.59 Å². The van der Waals surface area contributed by atoms with Crippen LogP contribution in [0.25, 0.3) is 0 Å². The highest BCUT2D eigenvalue weighted by atomic mass is 16.8. The molecule has 6 N–H and O–H groups in total. The van der Waals surface area contributed by atoms with Crippen molar-refractivity contribution in [3.05, 3.63) is 0 Å². The predicted molar refractivity (Wildman–Crippen MR) is 101 cm³/mol. The summed E-state index contributed by atoms with van der Waals surface area (Å²) < 4.78 is 32.8. The molecule has 0 bridgehead atoms. The molecule has 0 radical (unpaired) electrons. The molecular formula is C15H34O17. The van der Waals surface area contributed by atoms with Gasteiger partial charge < -0.3 is 63.8 Å². The molecule has 0 saturated carbocycles. The van der Waals surface area contributed by atoms with Gasteiger partial charge >= 0.3 is 24.2 Å². The number of esters is 2. The molecule has 0 unspecified atom stereocenters. The first-order valence-corrected chi connectivity index (χ1v) is 7.43. The highest BCUT2D eigenvalue weighted by Crippen LogP contribution is 1.81. The van der Waals surface area contributed by atoms with Crippen molar-refractivity contribution >= 4 is 24.2 Å². The van der Waals surface area contributed by atoms with Gasteiger partial charge in [0, 0.05) is 13.8 Å². The van der Waals surface area contributed by atoms with Crippen molar-refractivity contribution in [1.29, 1.82) is 0 Å². The number of hydrogen-bond donors (Lipinski definition) is 4. The van der Waals surface area contributed by atoms with Crippen LogP contribution in [0.4, 0.5) is 9.59 Å². The summed E-state index contributed by atoms with van der Waals surface area (Å²) in [5.74, 6) is -0.879. The molecule has 17 nitrogen and oxygen atoms in total. The number of aliphatic hydroxyl groups excluding tert-OH is 4. The molecule has 0 aliphatic rings. The monoisotopic (exact) mass is 486 g/mol. The zero-order valence-corrected chi connectivity index (χ0v) is 17.4. The Bertz CT molecular complexity index is 415. The van der Waals surface area contributed by atoms with Crippen LogP contribution in [0.5, 0.6) is 0 Å². The lowest BCUT2D eigenvalue weighted by atomic mass is 10.8. The summed E-state index contributed by atoms with van der Waals surface area (Å²) in [4.78, 5) is 39.5. The molecule has 0 saturated heterocycles. The molecule has 17 heteroatoms. The van der Waals surface area contributed by atoms with Crippen LogP contribution in [-0.4, -0.2) is 105 Å². The van der Waals surface area contributed by atoms with Crippen molar-refractivity contribution < 1.29 is 83.0 Å². The second-order valence-corrected chi connectivity index (χ2v) is 3.63. The fourth-order valence-electron chi connectivity index (χ4n) is 0.550. The van der Waals surface area contributed by atoms with Crippen LogP contribution in [0.3, 0.4) is 0 Å². The van der Waals surface area contributed by atoms with Crippen LogP contribution < -0.4 is 0 Å². The largest absolute Gasteiger partial charge is 0.510 e. The average Bonchev–Trinajstić information content (AvgIpc) is 2.69. The van der Waals surface area contributed by atoms with Gasteiger partial charge in [0.2, 0.25) is 0 Å². The van der Waals surface area contributed by atoms with Crippen molar-refractivity contribution in [3.63, 3.8) is 0 Å². The van der Waals surface area contributed by atoms with E-state index in [2.05, 4.69) is 37.9 Å². The number of aliphatic hydroxyl groups is 4. The fourth-order valence-corrected chi connectivity index (χ4v) is 0.550. The molecule has 0 spiro atoms. The van der Waals surface area contributed by atoms with Crippen LogP contribution in [0.1, 0.15) is 21.3 Å². The third kappa shape index (κ3) is 63.1. The lowest BCUT2D eigenvalue weighted by Gasteiger charge is -2.00. The first-order valence-electron chi connectivity index (χ1n) is 7.43. The second kappa shape index (κ2) is 38.8. The van der Waals surface area contributed by atoms with Gasteiger partial charge in [-0.15, -0.1) is 0 Å². The quantitative estimate of drug-likeness (QED) is 0.128. The number of hydrogen-bond acceptors (Lipinski definition) is 16. The summed E-state index contributed by atoms with van der Waals surface area (Å²) in [5, 5.41) is 31.6. The molecule has 0 heterocycles. The molecule has 0 fully saturated rings. The van der Waals surface area contributed by atoms with Crippen LogP contribution in [0.2, 0.25) is 0 Å². The summed E-state index contributed by atoms with van der Waals surface area (Å²) in [5.41, 5.74) is 0. The minimum atomic E-state index is -0.873. The van der Waals surface area contributed by atoms with E-state index in [0.717, 1.165) is 7.11 Å². The van der Waals surface area contributed by atoms with Gasteiger partial charge in [-0.3, -0.25) is 9.59 Å². The molecular weight excluding hydrogens is 452 g/mol. The highest BCUT2D eigenvalue weighted by Gasteiger charge is 1.96. The zero-order valence-electron chi connectivity index (χ0n) is 17.4. The average molecular weight is 486 g/mol. The normalized spacial score (nSPS) is 7.75. The Balaban J connectivity index is -0.0000000697. The van der Waals surface area contributed by atoms with Crippen molar-refractivity contribution in [2.24, 2.45) is 0 Å². The van der Waals surface area contributed by atoms with Crippen LogP contribution >= 0.6 is 0 Å². The maximum absolute atomic E-state index is 10.1. The third-order valence-electron chi connectivity index (χ3n) is 1.57. The van der Waals surface area contributed by atoms with Crippen molar-refractivity contribution in [3.8, 4) is 0 Å². The molecule has 0 aromatic carbocycles. The topological polar surface area (TPSA) is 255 Å². The molecule has 0 aromatic heterocycles. The van der Waals surface area contributed by atoms with Gasteiger partial charge in [0.25, 0.3) is 0 Å². The van der Waals surface area contributed by atoms with E-state index in [0.29, 0.717) is 0 Å². The second-order valence-electron chi connectivity index (χ2n) is 3.63. The van der Waals surface area contributed by atoms with Gasteiger partial charge in [-0.05, 0) is 0 Å². The molecule has 0 atom stereocenters. The van der Waals surface area contributed by atoms with Crippen molar-refractivity contribution in [2.45, 2.75) is 21.3 Å². The number of methoxy groups -OCH3 is 2. The van der Waals surface area contributed by atoms with Gasteiger partial charge in [-0.2, -0.15) is 0 Å². The van der Waals surface area contributed by atoms with Crippen LogP contribution in [0.15, 0.2) is 0 Å². The predicted octanol–water partition coefficient (Wildman–Crippen LogP) is -1.80. The van der Waals surface area contributed by atoms with Crippen molar-refractivity contribution in [2.75, 3.05) is 55.0 Å². The lowest BCUT2D eigenvalue weighted by molar-refractivity contribution is -0.160. The van der Waals surface area contributed by atoms with E-state index in [1.165, 1.54) is 21.0 Å². The Kier molecular flexibility index (Phi) is 52.3. The SMILES string of the molecule is C.CC(=O)OCO.CC(=O)OCOCO.COC(=O)OCO.COC(=O)OCOCO.O. The van der Waals surface area contributed by atoms with E-state index in [1.54, 1.807) is 0 Å². The Morgan fingerprint density at radius 3 is 1.16 bits per heavy atom. The summed E-state index contributed by atoms with van der Waals surface area (Å²) in [6.45, 7) is -0.0156. The number of carbonyl (C=O) groups is 4. The Morgan fingerprint density at radius 1 is 0.594 bits per heavy atom. The lowest BCUT2D eigenvalue weighted by Crippen LogP contribution is -2.08. The van der Waals surface area contributed by atoms with E-state index in [1.807, 2.05) is 0 Å². The molecule has 0 aliphatic heterocycles. The minimum Gasteiger partial charge on any atom is -0.439 e. The van der Waals surface area contributed by atoms with Gasteiger partial charge in [0.05, 0.1) is 14.2 Å². The summed E-state index contributed by atoms with van der Waals surface area (Å²) in [7, 11) is 2.35. The molecule has 0 amide bonds. The molecule has 0 aliphatic carbocycles. The molecule has 0 aromatic rings. The first-order chi connectivity index (χ1) is 14.2. The minimum absolute atomic E-state index is 0. The Hall–Kier alpha value is -2.80. The standard InChI is InChI=1S/C4H8O5.C4H8O4.C3H6O4.C3H6O3.CH4.H2O/c1-7-4(6)9-3-8-2-5;1-4(6)8-3-7-2-5;1-6-3(5)7-2-4;1-3(5)6-2-4;;/h5H,2-3H2,1H3;5H,2-3H2,1H3;4H,2H2,1H3;4H,2H2,1H3;1H4;1H2. The fraction of sp³-hybridized carbons (Fsp3) is 0.733. The summed E-state index contributed by atoms with van der Waals surface area (Å²) in [6.07, 6.45) is -1.70. The third-order valence-corrected chi connectivity index (χ3v) is 1.57. The summed E-state index contributed by atoms with van der Waals surface area (Å²) >= 11 is 0. The Labute approximate surface area is 184 Å². The smallest absolute Gasteiger partial charge is 0.439 e. The molecule has 196 valence electrons. The number of ether oxygens (including phenoxy) is 8. The van der Waals surface area contributed by atoms with Crippen LogP contribution in [-0.2, 0) is 47.5 Å².